The van der Waals surface area contributed by atoms with Crippen LogP contribution in [-0.2, 0) is 19.9 Å². The third-order valence-corrected chi connectivity index (χ3v) is 3.75. The highest BCUT2D eigenvalue weighted by Gasteiger charge is 2.62. The van der Waals surface area contributed by atoms with Crippen molar-refractivity contribution in [2.24, 2.45) is 0 Å². The third kappa shape index (κ3) is 4.68. The van der Waals surface area contributed by atoms with Crippen molar-refractivity contribution < 1.29 is 37.0 Å². The average molecular weight is 365 g/mol. The number of alkyl halides is 4. The summed E-state index contributed by atoms with van der Waals surface area (Å²) in [5.41, 5.74) is -3.80. The number of carboxylic acid groups (broad SMARTS) is 1. The number of carbonyl (C=O) groups excluding carboxylic acids is 1. The predicted octanol–water partition coefficient (Wildman–Crippen LogP) is 2.80. The van der Waals surface area contributed by atoms with Crippen molar-refractivity contribution in [3.05, 3.63) is 35.9 Å². The number of amides is 1. The molecule has 9 heteroatoms. The van der Waals surface area contributed by atoms with Gasteiger partial charge in [0.25, 0.3) is 11.5 Å². The van der Waals surface area contributed by atoms with Gasteiger partial charge in [-0.1, -0.05) is 30.3 Å². The van der Waals surface area contributed by atoms with E-state index in [4.69, 9.17) is 5.11 Å². The summed E-state index contributed by atoms with van der Waals surface area (Å²) in [6.07, 6.45) is -7.73. The minimum absolute atomic E-state index is 0.356. The van der Waals surface area contributed by atoms with Gasteiger partial charge in [0.15, 0.2) is 0 Å². The Labute approximate surface area is 142 Å². The molecule has 0 saturated carbocycles. The Morgan fingerprint density at radius 3 is 2.20 bits per heavy atom. The van der Waals surface area contributed by atoms with Crippen LogP contribution in [0.3, 0.4) is 0 Å². The molecular formula is C16H19F4NO4. The Bertz CT molecular complexity index is 592. The smallest absolute Gasteiger partial charge is 0.430 e. The number of halogens is 4. The SMILES string of the molecule is CO[C@](C(=O)N[C@H](CCC(=O)O)C(C)F)(c1ccccc1)C(F)(F)F. The number of hydrogen-bond acceptors (Lipinski definition) is 3. The summed E-state index contributed by atoms with van der Waals surface area (Å²) in [6, 6.07) is 4.83. The second-order valence-corrected chi connectivity index (χ2v) is 5.44. The average Bonchev–Trinajstić information content (AvgIpc) is 2.51. The standard InChI is InChI=1S/C16H19F4NO4/c1-10(17)12(8-9-13(22)23)21-14(24)15(25-2,16(18,19)20)11-6-4-3-5-7-11/h3-7,10,12H,8-9H2,1-2H3,(H,21,24)(H,22,23)/t10?,12-,15+/m1/s1. The van der Waals surface area contributed by atoms with Crippen LogP contribution in [0.2, 0.25) is 0 Å². The molecule has 0 saturated heterocycles. The second kappa shape index (κ2) is 8.28. The zero-order chi connectivity index (χ0) is 19.3. The van der Waals surface area contributed by atoms with E-state index in [1.165, 1.54) is 18.2 Å². The number of carbonyl (C=O) groups is 2. The van der Waals surface area contributed by atoms with Crippen LogP contribution in [0, 0.1) is 0 Å². The first-order valence-corrected chi connectivity index (χ1v) is 7.40. The minimum atomic E-state index is -5.12. The van der Waals surface area contributed by atoms with Crippen molar-refractivity contribution in [2.45, 2.75) is 43.8 Å². The molecule has 140 valence electrons. The largest absolute Gasteiger partial charge is 0.481 e. The van der Waals surface area contributed by atoms with Gasteiger partial charge in [-0.2, -0.15) is 13.2 Å². The van der Waals surface area contributed by atoms with Crippen molar-refractivity contribution in [3.63, 3.8) is 0 Å². The number of methoxy groups -OCH3 is 1. The normalized spacial score (nSPS) is 16.6. The molecule has 0 aliphatic rings. The van der Waals surface area contributed by atoms with Gasteiger partial charge >= 0.3 is 12.1 Å². The van der Waals surface area contributed by atoms with E-state index in [0.717, 1.165) is 26.2 Å². The van der Waals surface area contributed by atoms with Gasteiger partial charge in [-0.3, -0.25) is 9.59 Å². The van der Waals surface area contributed by atoms with Gasteiger partial charge in [-0.15, -0.1) is 0 Å². The lowest BCUT2D eigenvalue weighted by atomic mass is 9.90. The first-order valence-electron chi connectivity index (χ1n) is 7.40. The van der Waals surface area contributed by atoms with Gasteiger partial charge in [0.1, 0.15) is 6.17 Å². The maximum atomic E-state index is 13.7. The van der Waals surface area contributed by atoms with Crippen molar-refractivity contribution in [1.82, 2.24) is 5.32 Å². The van der Waals surface area contributed by atoms with Crippen LogP contribution in [0.15, 0.2) is 30.3 Å². The summed E-state index contributed by atoms with van der Waals surface area (Å²) in [6.45, 7) is 1.03. The number of nitrogens with one attached hydrogen (secondary N) is 1. The van der Waals surface area contributed by atoms with Gasteiger partial charge in [-0.05, 0) is 13.3 Å². The molecule has 0 spiro atoms. The van der Waals surface area contributed by atoms with Gasteiger partial charge in [-0.25, -0.2) is 4.39 Å². The molecule has 0 fully saturated rings. The fraction of sp³-hybridized carbons (Fsp3) is 0.500. The van der Waals surface area contributed by atoms with Crippen molar-refractivity contribution in [2.75, 3.05) is 7.11 Å². The van der Waals surface area contributed by atoms with E-state index in [1.807, 2.05) is 5.32 Å². The lowest BCUT2D eigenvalue weighted by Gasteiger charge is -2.35. The molecule has 1 unspecified atom stereocenters. The molecule has 2 N–H and O–H groups in total. The summed E-state index contributed by atoms with van der Waals surface area (Å²) in [5.74, 6) is -2.86. The molecule has 25 heavy (non-hydrogen) atoms. The molecule has 0 heterocycles. The first kappa shape index (κ1) is 20.9. The van der Waals surface area contributed by atoms with Crippen LogP contribution in [-0.4, -0.2) is 42.5 Å². The zero-order valence-corrected chi connectivity index (χ0v) is 13.6. The monoisotopic (exact) mass is 365 g/mol. The number of hydrogen-bond donors (Lipinski definition) is 2. The molecule has 1 amide bonds. The molecule has 0 aromatic heterocycles. The predicted molar refractivity (Wildman–Crippen MR) is 80.6 cm³/mol. The van der Waals surface area contributed by atoms with Crippen molar-refractivity contribution in [1.29, 1.82) is 0 Å². The Morgan fingerprint density at radius 1 is 1.24 bits per heavy atom. The second-order valence-electron chi connectivity index (χ2n) is 5.44. The molecule has 0 bridgehead atoms. The van der Waals surface area contributed by atoms with Gasteiger partial charge < -0.3 is 15.2 Å². The van der Waals surface area contributed by atoms with E-state index in [9.17, 15) is 27.2 Å². The maximum Gasteiger partial charge on any atom is 0.430 e. The van der Waals surface area contributed by atoms with Crippen LogP contribution < -0.4 is 5.32 Å². The quantitative estimate of drug-likeness (QED) is 0.695. The summed E-state index contributed by atoms with van der Waals surface area (Å²) in [7, 11) is 0.727. The highest BCUT2D eigenvalue weighted by Crippen LogP contribution is 2.42. The Kier molecular flexibility index (Phi) is 6.92. The van der Waals surface area contributed by atoms with Gasteiger partial charge in [0.2, 0.25) is 0 Å². The number of carboxylic acids is 1. The third-order valence-electron chi connectivity index (χ3n) is 3.75. The first-order chi connectivity index (χ1) is 11.6. The van der Waals surface area contributed by atoms with Gasteiger partial charge in [0, 0.05) is 19.1 Å². The van der Waals surface area contributed by atoms with Crippen molar-refractivity contribution >= 4 is 11.9 Å². The highest BCUT2D eigenvalue weighted by atomic mass is 19.4. The highest BCUT2D eigenvalue weighted by molar-refractivity contribution is 5.88. The van der Waals surface area contributed by atoms with Crippen LogP contribution >= 0.6 is 0 Å². The number of rotatable bonds is 8. The van der Waals surface area contributed by atoms with E-state index >= 15 is 0 Å². The molecule has 1 rings (SSSR count). The van der Waals surface area contributed by atoms with Crippen molar-refractivity contribution in [3.8, 4) is 0 Å². The molecular weight excluding hydrogens is 346 g/mol. The maximum absolute atomic E-state index is 13.7. The lowest BCUT2D eigenvalue weighted by molar-refractivity contribution is -0.266. The van der Waals surface area contributed by atoms with Crippen LogP contribution in [0.1, 0.15) is 25.3 Å². The summed E-state index contributed by atoms with van der Waals surface area (Å²) in [4.78, 5) is 23.0. The number of ether oxygens (including phenoxy) is 1. The zero-order valence-electron chi connectivity index (χ0n) is 13.6. The van der Waals surface area contributed by atoms with E-state index < -0.39 is 47.9 Å². The molecule has 0 aliphatic carbocycles. The fourth-order valence-corrected chi connectivity index (χ4v) is 2.39. The summed E-state index contributed by atoms with van der Waals surface area (Å²) < 4.78 is 59.3. The lowest BCUT2D eigenvalue weighted by Crippen LogP contribution is -2.58. The Hall–Kier alpha value is -2.16. The number of aliphatic carboxylic acids is 1. The number of benzene rings is 1. The minimum Gasteiger partial charge on any atom is -0.481 e. The Morgan fingerprint density at radius 2 is 1.80 bits per heavy atom. The molecule has 3 atom stereocenters. The molecule has 5 nitrogen and oxygen atoms in total. The fourth-order valence-electron chi connectivity index (χ4n) is 2.39. The molecule has 1 aromatic rings. The summed E-state index contributed by atoms with van der Waals surface area (Å²) >= 11 is 0. The van der Waals surface area contributed by atoms with E-state index in [2.05, 4.69) is 4.74 Å². The molecule has 0 radical (unpaired) electrons. The Balaban J connectivity index is 3.22. The van der Waals surface area contributed by atoms with Gasteiger partial charge in [0.05, 0.1) is 6.04 Å². The van der Waals surface area contributed by atoms with Crippen LogP contribution in [0.25, 0.3) is 0 Å². The van der Waals surface area contributed by atoms with E-state index in [0.29, 0.717) is 0 Å². The summed E-state index contributed by atoms with van der Waals surface area (Å²) in [5, 5.41) is 10.6. The topological polar surface area (TPSA) is 75.6 Å². The van der Waals surface area contributed by atoms with E-state index in [1.54, 1.807) is 0 Å². The molecule has 0 aliphatic heterocycles. The van der Waals surface area contributed by atoms with E-state index in [-0.39, 0.29) is 6.42 Å². The molecule has 1 aromatic carbocycles. The van der Waals surface area contributed by atoms with Crippen LogP contribution in [0.5, 0.6) is 0 Å². The van der Waals surface area contributed by atoms with Crippen LogP contribution in [0.4, 0.5) is 17.6 Å².